The SMILES string of the molecule is NC1CN(c2cccc3c2OCCO3)C(N)CN1. The first-order valence-corrected chi connectivity index (χ1v) is 6.15. The van der Waals surface area contributed by atoms with Crippen LogP contribution in [0.4, 0.5) is 5.69 Å². The minimum atomic E-state index is -0.109. The Bertz CT molecular complexity index is 440. The zero-order valence-corrected chi connectivity index (χ0v) is 10.1. The van der Waals surface area contributed by atoms with Crippen LogP contribution in [0.2, 0.25) is 0 Å². The number of nitrogens with zero attached hydrogens (tertiary/aromatic N) is 1. The van der Waals surface area contributed by atoms with Crippen LogP contribution in [0.25, 0.3) is 0 Å². The van der Waals surface area contributed by atoms with E-state index in [1.54, 1.807) is 0 Å². The Morgan fingerprint density at radius 3 is 2.94 bits per heavy atom. The number of anilines is 1. The topological polar surface area (TPSA) is 85.8 Å². The molecule has 0 bridgehead atoms. The first-order chi connectivity index (χ1) is 8.75. The average molecular weight is 250 g/mol. The van der Waals surface area contributed by atoms with Crippen molar-refractivity contribution in [3.05, 3.63) is 18.2 Å². The molecule has 2 unspecified atom stereocenters. The van der Waals surface area contributed by atoms with Crippen molar-refractivity contribution in [1.29, 1.82) is 0 Å². The monoisotopic (exact) mass is 250 g/mol. The smallest absolute Gasteiger partial charge is 0.184 e. The number of nitrogens with two attached hydrogens (primary N) is 2. The molecule has 0 aliphatic carbocycles. The Kier molecular flexibility index (Phi) is 2.99. The third-order valence-corrected chi connectivity index (χ3v) is 3.24. The molecule has 2 atom stereocenters. The van der Waals surface area contributed by atoms with Gasteiger partial charge in [0.1, 0.15) is 13.2 Å². The molecule has 1 aromatic carbocycles. The van der Waals surface area contributed by atoms with Crippen molar-refractivity contribution in [2.24, 2.45) is 11.5 Å². The second-order valence-corrected chi connectivity index (χ2v) is 4.54. The van der Waals surface area contributed by atoms with Crippen LogP contribution in [0, 0.1) is 0 Å². The molecule has 2 aliphatic rings. The van der Waals surface area contributed by atoms with Crippen LogP contribution in [0.1, 0.15) is 0 Å². The van der Waals surface area contributed by atoms with Gasteiger partial charge in [-0.1, -0.05) is 6.07 Å². The molecule has 6 heteroatoms. The van der Waals surface area contributed by atoms with E-state index in [0.717, 1.165) is 17.2 Å². The Morgan fingerprint density at radius 1 is 1.22 bits per heavy atom. The first-order valence-electron chi connectivity index (χ1n) is 6.15. The number of piperazine rings is 1. The zero-order valence-electron chi connectivity index (χ0n) is 10.1. The van der Waals surface area contributed by atoms with Crippen LogP contribution >= 0.6 is 0 Å². The number of ether oxygens (including phenoxy) is 2. The number of hydrogen-bond acceptors (Lipinski definition) is 6. The number of fused-ring (bicyclic) bond motifs is 1. The van der Waals surface area contributed by atoms with Crippen molar-refractivity contribution in [3.8, 4) is 11.5 Å². The molecule has 6 nitrogen and oxygen atoms in total. The van der Waals surface area contributed by atoms with E-state index in [1.807, 2.05) is 18.2 Å². The highest BCUT2D eigenvalue weighted by Crippen LogP contribution is 2.40. The Labute approximate surface area is 106 Å². The van der Waals surface area contributed by atoms with Crippen molar-refractivity contribution in [2.45, 2.75) is 12.3 Å². The van der Waals surface area contributed by atoms with Crippen LogP contribution in [-0.2, 0) is 0 Å². The largest absolute Gasteiger partial charge is 0.486 e. The first kappa shape index (κ1) is 11.6. The van der Waals surface area contributed by atoms with Gasteiger partial charge in [-0.3, -0.25) is 5.32 Å². The van der Waals surface area contributed by atoms with Gasteiger partial charge in [0.25, 0.3) is 0 Å². The molecule has 2 heterocycles. The van der Waals surface area contributed by atoms with Crippen molar-refractivity contribution in [3.63, 3.8) is 0 Å². The maximum absolute atomic E-state index is 6.12. The molecule has 1 fully saturated rings. The second-order valence-electron chi connectivity index (χ2n) is 4.54. The minimum absolute atomic E-state index is 0.0786. The fourth-order valence-electron chi connectivity index (χ4n) is 2.36. The highest BCUT2D eigenvalue weighted by molar-refractivity contribution is 5.66. The third kappa shape index (κ3) is 1.98. The summed E-state index contributed by atoms with van der Waals surface area (Å²) in [6.07, 6.45) is -0.188. The molecule has 1 aromatic rings. The van der Waals surface area contributed by atoms with Gasteiger partial charge in [-0.25, -0.2) is 0 Å². The Balaban J connectivity index is 1.95. The molecular formula is C12H18N4O2. The molecule has 3 rings (SSSR count). The number of benzene rings is 1. The van der Waals surface area contributed by atoms with E-state index in [4.69, 9.17) is 20.9 Å². The van der Waals surface area contributed by atoms with Gasteiger partial charge >= 0.3 is 0 Å². The summed E-state index contributed by atoms with van der Waals surface area (Å²) in [4.78, 5) is 2.06. The molecule has 18 heavy (non-hydrogen) atoms. The van der Waals surface area contributed by atoms with E-state index < -0.39 is 0 Å². The quantitative estimate of drug-likeness (QED) is 0.619. The average Bonchev–Trinajstić information content (AvgIpc) is 2.41. The number of rotatable bonds is 1. The number of para-hydroxylation sites is 1. The van der Waals surface area contributed by atoms with Crippen LogP contribution in [0.5, 0.6) is 11.5 Å². The van der Waals surface area contributed by atoms with Crippen molar-refractivity contribution in [2.75, 3.05) is 31.2 Å². The van der Waals surface area contributed by atoms with Gasteiger partial charge in [-0.2, -0.15) is 0 Å². The number of hydrogen-bond donors (Lipinski definition) is 3. The molecule has 0 radical (unpaired) electrons. The van der Waals surface area contributed by atoms with Crippen LogP contribution in [0.3, 0.4) is 0 Å². The molecule has 0 saturated carbocycles. The molecule has 0 amide bonds. The van der Waals surface area contributed by atoms with E-state index in [0.29, 0.717) is 26.3 Å². The van der Waals surface area contributed by atoms with E-state index in [-0.39, 0.29) is 12.3 Å². The summed E-state index contributed by atoms with van der Waals surface area (Å²) >= 11 is 0. The highest BCUT2D eigenvalue weighted by atomic mass is 16.6. The van der Waals surface area contributed by atoms with Crippen LogP contribution in [0.15, 0.2) is 18.2 Å². The summed E-state index contributed by atoms with van der Waals surface area (Å²) in [5.74, 6) is 1.55. The molecule has 1 saturated heterocycles. The lowest BCUT2D eigenvalue weighted by Gasteiger charge is -2.39. The van der Waals surface area contributed by atoms with Crippen LogP contribution in [-0.4, -0.2) is 38.6 Å². The second kappa shape index (κ2) is 4.64. The zero-order chi connectivity index (χ0) is 12.5. The summed E-state index contributed by atoms with van der Waals surface area (Å²) in [5, 5.41) is 3.15. The van der Waals surface area contributed by atoms with Crippen molar-refractivity contribution < 1.29 is 9.47 Å². The number of nitrogens with one attached hydrogen (secondary N) is 1. The van der Waals surface area contributed by atoms with Crippen LogP contribution < -0.4 is 31.2 Å². The predicted molar refractivity (Wildman–Crippen MR) is 68.7 cm³/mol. The fourth-order valence-corrected chi connectivity index (χ4v) is 2.36. The normalized spacial score (nSPS) is 27.1. The summed E-state index contributed by atoms with van der Waals surface area (Å²) in [6.45, 7) is 2.47. The maximum atomic E-state index is 6.12. The third-order valence-electron chi connectivity index (χ3n) is 3.24. The van der Waals surface area contributed by atoms with Gasteiger partial charge in [0, 0.05) is 13.1 Å². The summed E-state index contributed by atoms with van der Waals surface area (Å²) in [5.41, 5.74) is 13.0. The van der Waals surface area contributed by atoms with Gasteiger partial charge in [0.05, 0.1) is 18.0 Å². The van der Waals surface area contributed by atoms with Gasteiger partial charge in [0.2, 0.25) is 0 Å². The summed E-state index contributed by atoms with van der Waals surface area (Å²) in [6, 6.07) is 5.85. The predicted octanol–water partition coefficient (Wildman–Crippen LogP) is -0.563. The van der Waals surface area contributed by atoms with E-state index in [2.05, 4.69) is 10.2 Å². The Hall–Kier alpha value is -1.50. The highest BCUT2D eigenvalue weighted by Gasteiger charge is 2.27. The lowest BCUT2D eigenvalue weighted by Crippen LogP contribution is -2.63. The van der Waals surface area contributed by atoms with Gasteiger partial charge in [0.15, 0.2) is 11.5 Å². The lowest BCUT2D eigenvalue weighted by molar-refractivity contribution is 0.171. The molecule has 2 aliphatic heterocycles. The van der Waals surface area contributed by atoms with Crippen molar-refractivity contribution in [1.82, 2.24) is 5.32 Å². The summed E-state index contributed by atoms with van der Waals surface area (Å²) < 4.78 is 11.3. The Morgan fingerprint density at radius 2 is 2.06 bits per heavy atom. The standard InChI is InChI=1S/C12H18N4O2/c13-10-7-16(11(14)6-15-10)8-2-1-3-9-12(8)18-5-4-17-9/h1-3,10-11,15H,4-7,13-14H2. The lowest BCUT2D eigenvalue weighted by atomic mass is 10.2. The van der Waals surface area contributed by atoms with E-state index in [1.165, 1.54) is 0 Å². The summed E-state index contributed by atoms with van der Waals surface area (Å²) in [7, 11) is 0. The maximum Gasteiger partial charge on any atom is 0.184 e. The van der Waals surface area contributed by atoms with Gasteiger partial charge in [-0.05, 0) is 12.1 Å². The van der Waals surface area contributed by atoms with Gasteiger partial charge in [-0.15, -0.1) is 0 Å². The van der Waals surface area contributed by atoms with Crippen molar-refractivity contribution >= 4 is 5.69 Å². The molecule has 0 spiro atoms. The van der Waals surface area contributed by atoms with E-state index >= 15 is 0 Å². The molecule has 5 N–H and O–H groups in total. The van der Waals surface area contributed by atoms with E-state index in [9.17, 15) is 0 Å². The molecule has 0 aromatic heterocycles. The molecular weight excluding hydrogens is 232 g/mol. The molecule has 98 valence electrons. The minimum Gasteiger partial charge on any atom is -0.486 e. The van der Waals surface area contributed by atoms with Gasteiger partial charge < -0.3 is 25.8 Å². The fraction of sp³-hybridized carbons (Fsp3) is 0.500.